The van der Waals surface area contributed by atoms with Crippen LogP contribution >= 0.6 is 11.8 Å². The molecule has 2 atom stereocenters. The van der Waals surface area contributed by atoms with Gasteiger partial charge in [0.2, 0.25) is 0 Å². The predicted octanol–water partition coefficient (Wildman–Crippen LogP) is 3.01. The summed E-state index contributed by atoms with van der Waals surface area (Å²) in [4.78, 5) is 1.26. The second kappa shape index (κ2) is 5.71. The molecule has 1 heterocycles. The molecule has 0 bridgehead atoms. The molecule has 2 rings (SSSR count). The van der Waals surface area contributed by atoms with E-state index in [0.29, 0.717) is 5.25 Å². The minimum absolute atomic E-state index is 0.378. The van der Waals surface area contributed by atoms with Crippen LogP contribution in [0.5, 0.6) is 0 Å². The number of aliphatic hydroxyl groups excluding tert-OH is 1. The monoisotopic (exact) mass is 238 g/mol. The van der Waals surface area contributed by atoms with Crippen LogP contribution in [-0.4, -0.2) is 23.6 Å². The van der Waals surface area contributed by atoms with Gasteiger partial charge in [-0.05, 0) is 37.5 Å². The van der Waals surface area contributed by atoms with Gasteiger partial charge >= 0.3 is 0 Å². The molecular weight excluding hydrogens is 220 g/mol. The van der Waals surface area contributed by atoms with Gasteiger partial charge in [-0.2, -0.15) is 0 Å². The average Bonchev–Trinajstić information content (AvgIpc) is 2.31. The van der Waals surface area contributed by atoms with E-state index in [9.17, 15) is 5.11 Å². The minimum Gasteiger partial charge on any atom is -0.389 e. The minimum atomic E-state index is -0.378. The zero-order chi connectivity index (χ0) is 11.4. The van der Waals surface area contributed by atoms with Crippen LogP contribution in [0.15, 0.2) is 29.2 Å². The lowest BCUT2D eigenvalue weighted by molar-refractivity contribution is 0.101. The summed E-state index contributed by atoms with van der Waals surface area (Å²) in [5.74, 6) is 0. The molecule has 1 fully saturated rings. The fourth-order valence-electron chi connectivity index (χ4n) is 1.82. The van der Waals surface area contributed by atoms with Crippen molar-refractivity contribution in [2.75, 3.05) is 13.2 Å². The summed E-state index contributed by atoms with van der Waals surface area (Å²) in [5.41, 5.74) is 0.976. The summed E-state index contributed by atoms with van der Waals surface area (Å²) in [6, 6.07) is 8.16. The molecule has 0 aromatic heterocycles. The van der Waals surface area contributed by atoms with Gasteiger partial charge in [0.15, 0.2) is 0 Å². The molecule has 0 spiro atoms. The molecular formula is C13H18O2S. The van der Waals surface area contributed by atoms with E-state index in [1.165, 1.54) is 17.7 Å². The van der Waals surface area contributed by atoms with Gasteiger partial charge < -0.3 is 9.84 Å². The summed E-state index contributed by atoms with van der Waals surface area (Å²) in [5, 5.41) is 10.00. The van der Waals surface area contributed by atoms with Gasteiger partial charge in [0, 0.05) is 16.8 Å². The molecule has 88 valence electrons. The molecule has 0 radical (unpaired) electrons. The predicted molar refractivity (Wildman–Crippen MR) is 66.8 cm³/mol. The Morgan fingerprint density at radius 2 is 2.12 bits per heavy atom. The van der Waals surface area contributed by atoms with E-state index < -0.39 is 0 Å². The maximum absolute atomic E-state index is 9.41. The Balaban J connectivity index is 1.93. The van der Waals surface area contributed by atoms with Crippen LogP contribution in [0.3, 0.4) is 0 Å². The van der Waals surface area contributed by atoms with Crippen LogP contribution < -0.4 is 0 Å². The Kier molecular flexibility index (Phi) is 4.27. The third-order valence-corrected chi connectivity index (χ3v) is 4.03. The van der Waals surface area contributed by atoms with Crippen LogP contribution in [0.25, 0.3) is 0 Å². The first-order valence-corrected chi connectivity index (χ1v) is 6.66. The summed E-state index contributed by atoms with van der Waals surface area (Å²) >= 11 is 1.88. The summed E-state index contributed by atoms with van der Waals surface area (Å²) in [6.45, 7) is 3.57. The van der Waals surface area contributed by atoms with Crippen molar-refractivity contribution in [3.63, 3.8) is 0 Å². The van der Waals surface area contributed by atoms with Crippen molar-refractivity contribution in [1.29, 1.82) is 0 Å². The summed E-state index contributed by atoms with van der Waals surface area (Å²) in [6.07, 6.45) is 2.03. The molecule has 3 heteroatoms. The molecule has 2 unspecified atom stereocenters. The number of rotatable bonds is 3. The topological polar surface area (TPSA) is 29.5 Å². The zero-order valence-electron chi connectivity index (χ0n) is 9.56. The Bertz CT molecular complexity index is 315. The maximum atomic E-state index is 9.41. The largest absolute Gasteiger partial charge is 0.389 e. The Hall–Kier alpha value is -0.510. The highest BCUT2D eigenvalue weighted by atomic mass is 32.2. The molecule has 1 aliphatic heterocycles. The van der Waals surface area contributed by atoms with Gasteiger partial charge in [0.05, 0.1) is 12.7 Å². The van der Waals surface area contributed by atoms with Gasteiger partial charge in [-0.25, -0.2) is 0 Å². The van der Waals surface area contributed by atoms with Crippen molar-refractivity contribution in [1.82, 2.24) is 0 Å². The lowest BCUT2D eigenvalue weighted by Crippen LogP contribution is -2.19. The summed E-state index contributed by atoms with van der Waals surface area (Å²) < 4.78 is 5.46. The van der Waals surface area contributed by atoms with Crippen molar-refractivity contribution in [2.24, 2.45) is 0 Å². The number of aliphatic hydroxyl groups is 1. The van der Waals surface area contributed by atoms with Crippen LogP contribution in [-0.2, 0) is 4.74 Å². The highest BCUT2D eigenvalue weighted by molar-refractivity contribution is 8.00. The number of thioether (sulfide) groups is 1. The van der Waals surface area contributed by atoms with Crippen molar-refractivity contribution in [2.45, 2.75) is 36.0 Å². The summed E-state index contributed by atoms with van der Waals surface area (Å²) in [7, 11) is 0. The fourth-order valence-corrected chi connectivity index (χ4v) is 2.95. The molecule has 1 aliphatic rings. The molecule has 0 saturated carbocycles. The number of ether oxygens (including phenoxy) is 1. The second-order valence-electron chi connectivity index (χ2n) is 4.20. The number of benzene rings is 1. The van der Waals surface area contributed by atoms with Crippen molar-refractivity contribution < 1.29 is 9.84 Å². The van der Waals surface area contributed by atoms with E-state index in [1.807, 2.05) is 23.9 Å². The van der Waals surface area contributed by atoms with E-state index in [2.05, 4.69) is 12.1 Å². The molecule has 0 amide bonds. The van der Waals surface area contributed by atoms with E-state index >= 15 is 0 Å². The highest BCUT2D eigenvalue weighted by Crippen LogP contribution is 2.29. The number of hydrogen-bond donors (Lipinski definition) is 1. The third-order valence-electron chi connectivity index (χ3n) is 2.78. The Morgan fingerprint density at radius 1 is 1.38 bits per heavy atom. The van der Waals surface area contributed by atoms with Crippen molar-refractivity contribution >= 4 is 11.8 Å². The zero-order valence-corrected chi connectivity index (χ0v) is 10.4. The Labute approximate surface area is 101 Å². The standard InChI is InChI=1S/C13H18O2S/c1-10(14)11-4-6-12(7-5-11)16-13-3-2-8-15-9-13/h4-7,10,13-14H,2-3,8-9H2,1H3. The first-order chi connectivity index (χ1) is 7.75. The second-order valence-corrected chi connectivity index (χ2v) is 5.58. The van der Waals surface area contributed by atoms with E-state index in [1.54, 1.807) is 6.92 Å². The van der Waals surface area contributed by atoms with Crippen LogP contribution in [0.1, 0.15) is 31.4 Å². The van der Waals surface area contributed by atoms with Gasteiger partial charge in [-0.1, -0.05) is 12.1 Å². The molecule has 2 nitrogen and oxygen atoms in total. The first-order valence-electron chi connectivity index (χ1n) is 5.78. The third kappa shape index (κ3) is 3.24. The van der Waals surface area contributed by atoms with Gasteiger partial charge in [0.1, 0.15) is 0 Å². The number of hydrogen-bond acceptors (Lipinski definition) is 3. The maximum Gasteiger partial charge on any atom is 0.0761 e. The first kappa shape index (κ1) is 12.0. The van der Waals surface area contributed by atoms with Gasteiger partial charge in [-0.15, -0.1) is 11.8 Å². The quantitative estimate of drug-likeness (QED) is 0.877. The SMILES string of the molecule is CC(O)c1ccc(SC2CCCOC2)cc1. The Morgan fingerprint density at radius 3 is 2.69 bits per heavy atom. The smallest absolute Gasteiger partial charge is 0.0761 e. The van der Waals surface area contributed by atoms with E-state index in [0.717, 1.165) is 18.8 Å². The molecule has 0 aliphatic carbocycles. The van der Waals surface area contributed by atoms with Crippen LogP contribution in [0, 0.1) is 0 Å². The van der Waals surface area contributed by atoms with Crippen LogP contribution in [0.2, 0.25) is 0 Å². The molecule has 1 N–H and O–H groups in total. The average molecular weight is 238 g/mol. The molecule has 1 aromatic carbocycles. The van der Waals surface area contributed by atoms with Crippen molar-refractivity contribution in [3.8, 4) is 0 Å². The van der Waals surface area contributed by atoms with Crippen LogP contribution in [0.4, 0.5) is 0 Å². The lowest BCUT2D eigenvalue weighted by atomic mass is 10.1. The molecule has 16 heavy (non-hydrogen) atoms. The fraction of sp³-hybridized carbons (Fsp3) is 0.538. The van der Waals surface area contributed by atoms with E-state index in [-0.39, 0.29) is 6.10 Å². The van der Waals surface area contributed by atoms with E-state index in [4.69, 9.17) is 4.74 Å². The normalized spacial score (nSPS) is 23.0. The lowest BCUT2D eigenvalue weighted by Gasteiger charge is -2.21. The molecule has 1 aromatic rings. The van der Waals surface area contributed by atoms with Gasteiger partial charge in [-0.3, -0.25) is 0 Å². The highest BCUT2D eigenvalue weighted by Gasteiger charge is 2.14. The van der Waals surface area contributed by atoms with Gasteiger partial charge in [0.25, 0.3) is 0 Å². The van der Waals surface area contributed by atoms with Crippen molar-refractivity contribution in [3.05, 3.63) is 29.8 Å². The molecule has 1 saturated heterocycles.